The first-order valence-electron chi connectivity index (χ1n) is 7.76. The Balaban J connectivity index is 1.89. The van der Waals surface area contributed by atoms with Gasteiger partial charge < -0.3 is 0 Å². The number of halogens is 1. The van der Waals surface area contributed by atoms with E-state index in [9.17, 15) is 16.8 Å². The maximum atomic E-state index is 12.5. The van der Waals surface area contributed by atoms with Gasteiger partial charge in [0.15, 0.2) is 5.03 Å². The van der Waals surface area contributed by atoms with E-state index in [0.29, 0.717) is 15.9 Å². The highest BCUT2D eigenvalue weighted by Crippen LogP contribution is 2.24. The van der Waals surface area contributed by atoms with Crippen molar-refractivity contribution >= 4 is 48.2 Å². The van der Waals surface area contributed by atoms with E-state index < -0.39 is 20.0 Å². The smallest absolute Gasteiger partial charge is 0.277 e. The van der Waals surface area contributed by atoms with Crippen LogP contribution in [0.4, 0.5) is 5.69 Å². The molecule has 3 aromatic rings. The number of sulfonamides is 2. The monoisotopic (exact) mass is 426 g/mol. The van der Waals surface area contributed by atoms with Gasteiger partial charge in [0.25, 0.3) is 10.0 Å². The quantitative estimate of drug-likeness (QED) is 0.624. The maximum Gasteiger partial charge on any atom is 0.279 e. The van der Waals surface area contributed by atoms with Gasteiger partial charge in [0.2, 0.25) is 10.0 Å². The maximum absolute atomic E-state index is 12.5. The lowest BCUT2D eigenvalue weighted by molar-refractivity contribution is 0.581. The average molecular weight is 427 g/mol. The molecule has 0 fully saturated rings. The molecular weight excluding hydrogens is 412 g/mol. The topological polar surface area (TPSA) is 118 Å². The van der Waals surface area contributed by atoms with Crippen molar-refractivity contribution in [2.45, 2.75) is 16.8 Å². The minimum absolute atomic E-state index is 0.120. The van der Waals surface area contributed by atoms with Gasteiger partial charge in [0, 0.05) is 18.1 Å². The second kappa shape index (κ2) is 7.39. The second-order valence-corrected chi connectivity index (χ2v) is 9.28. The third-order valence-corrected chi connectivity index (χ3v) is 6.68. The molecule has 3 rings (SSSR count). The SMILES string of the molecule is CCNS(=O)(=O)c1ccc(S(=O)(=O)Nc2cnc3c(Cl)cccc3c2)nc1. The summed E-state index contributed by atoms with van der Waals surface area (Å²) in [7, 11) is -7.73. The van der Waals surface area contributed by atoms with Crippen LogP contribution in [0.1, 0.15) is 6.92 Å². The lowest BCUT2D eigenvalue weighted by Gasteiger charge is -2.09. The molecule has 0 radical (unpaired) electrons. The molecule has 8 nitrogen and oxygen atoms in total. The van der Waals surface area contributed by atoms with E-state index >= 15 is 0 Å². The number of fused-ring (bicyclic) bond motifs is 1. The van der Waals surface area contributed by atoms with Crippen LogP contribution in [-0.2, 0) is 20.0 Å². The predicted octanol–water partition coefficient (Wildman–Crippen LogP) is 2.38. The summed E-state index contributed by atoms with van der Waals surface area (Å²) in [6.07, 6.45) is 2.33. The third-order valence-electron chi connectivity index (χ3n) is 3.54. The van der Waals surface area contributed by atoms with Crippen LogP contribution in [0.25, 0.3) is 10.9 Å². The van der Waals surface area contributed by atoms with Crippen LogP contribution in [0.2, 0.25) is 5.02 Å². The number of rotatable bonds is 6. The Bertz CT molecular complexity index is 1200. The van der Waals surface area contributed by atoms with Crippen LogP contribution in [0.15, 0.2) is 58.7 Å². The van der Waals surface area contributed by atoms with Crippen LogP contribution >= 0.6 is 11.6 Å². The summed E-state index contributed by atoms with van der Waals surface area (Å²) in [4.78, 5) is 7.80. The van der Waals surface area contributed by atoms with E-state index in [1.54, 1.807) is 31.2 Å². The number of hydrogen-bond acceptors (Lipinski definition) is 6. The van der Waals surface area contributed by atoms with Crippen LogP contribution in [0.5, 0.6) is 0 Å². The summed E-state index contributed by atoms with van der Waals surface area (Å²) >= 11 is 6.05. The first kappa shape index (κ1) is 19.5. The molecule has 142 valence electrons. The van der Waals surface area contributed by atoms with E-state index in [4.69, 9.17) is 11.6 Å². The molecule has 0 amide bonds. The Labute approximate surface area is 161 Å². The first-order chi connectivity index (χ1) is 12.7. The Kier molecular flexibility index (Phi) is 5.33. The molecule has 0 saturated heterocycles. The highest BCUT2D eigenvalue weighted by Gasteiger charge is 2.19. The van der Waals surface area contributed by atoms with E-state index in [-0.39, 0.29) is 22.2 Å². The number of anilines is 1. The molecule has 0 unspecified atom stereocenters. The van der Waals surface area contributed by atoms with Crippen LogP contribution in [-0.4, -0.2) is 33.3 Å². The average Bonchev–Trinajstić information content (AvgIpc) is 2.61. The van der Waals surface area contributed by atoms with Crippen molar-refractivity contribution in [3.05, 3.63) is 53.8 Å². The molecule has 0 aliphatic carbocycles. The summed E-state index contributed by atoms with van der Waals surface area (Å²) < 4.78 is 53.5. The van der Waals surface area contributed by atoms with Crippen molar-refractivity contribution in [2.75, 3.05) is 11.3 Å². The van der Waals surface area contributed by atoms with E-state index in [1.165, 1.54) is 12.3 Å². The van der Waals surface area contributed by atoms with E-state index in [0.717, 1.165) is 12.3 Å². The third kappa shape index (κ3) is 4.19. The zero-order chi connectivity index (χ0) is 19.7. The zero-order valence-corrected chi connectivity index (χ0v) is 16.4. The molecule has 27 heavy (non-hydrogen) atoms. The number of pyridine rings is 2. The molecule has 0 aliphatic rings. The van der Waals surface area contributed by atoms with Crippen LogP contribution in [0.3, 0.4) is 0 Å². The van der Waals surface area contributed by atoms with Gasteiger partial charge in [0.1, 0.15) is 4.90 Å². The normalized spacial score (nSPS) is 12.2. The van der Waals surface area contributed by atoms with Gasteiger partial charge >= 0.3 is 0 Å². The number of aromatic nitrogens is 2. The summed E-state index contributed by atoms with van der Waals surface area (Å²) in [5, 5.41) is 0.813. The lowest BCUT2D eigenvalue weighted by Crippen LogP contribution is -2.23. The lowest BCUT2D eigenvalue weighted by atomic mass is 10.2. The summed E-state index contributed by atoms with van der Waals surface area (Å²) in [5.74, 6) is 0. The van der Waals surface area contributed by atoms with Gasteiger partial charge in [0.05, 0.1) is 22.4 Å². The van der Waals surface area contributed by atoms with Gasteiger partial charge in [-0.05, 0) is 24.3 Å². The highest BCUT2D eigenvalue weighted by atomic mass is 35.5. The molecule has 2 N–H and O–H groups in total. The summed E-state index contributed by atoms with van der Waals surface area (Å²) in [6, 6.07) is 9.07. The van der Waals surface area contributed by atoms with Crippen molar-refractivity contribution in [1.29, 1.82) is 0 Å². The van der Waals surface area contributed by atoms with Crippen molar-refractivity contribution in [3.63, 3.8) is 0 Å². The van der Waals surface area contributed by atoms with Crippen molar-refractivity contribution in [3.8, 4) is 0 Å². The highest BCUT2D eigenvalue weighted by molar-refractivity contribution is 7.92. The predicted molar refractivity (Wildman–Crippen MR) is 103 cm³/mol. The van der Waals surface area contributed by atoms with Gasteiger partial charge in [-0.2, -0.15) is 8.42 Å². The fourth-order valence-corrected chi connectivity index (χ4v) is 4.53. The fraction of sp³-hybridized carbons (Fsp3) is 0.125. The molecule has 0 spiro atoms. The first-order valence-corrected chi connectivity index (χ1v) is 11.1. The van der Waals surface area contributed by atoms with Crippen LogP contribution < -0.4 is 9.44 Å². The molecule has 2 heterocycles. The van der Waals surface area contributed by atoms with E-state index in [2.05, 4.69) is 19.4 Å². The molecule has 11 heteroatoms. The molecular formula is C16H15ClN4O4S2. The van der Waals surface area contributed by atoms with Gasteiger partial charge in [-0.15, -0.1) is 0 Å². The number of hydrogen-bond donors (Lipinski definition) is 2. The molecule has 0 bridgehead atoms. The van der Waals surface area contributed by atoms with Crippen LogP contribution in [0, 0.1) is 0 Å². The van der Waals surface area contributed by atoms with Crippen molar-refractivity contribution in [1.82, 2.24) is 14.7 Å². The summed E-state index contributed by atoms with van der Waals surface area (Å²) in [5.41, 5.74) is 0.786. The Morgan fingerprint density at radius 3 is 2.44 bits per heavy atom. The molecule has 0 saturated carbocycles. The second-order valence-electron chi connectivity index (χ2n) is 5.47. The fourth-order valence-electron chi connectivity index (χ4n) is 2.34. The van der Waals surface area contributed by atoms with Crippen molar-refractivity contribution < 1.29 is 16.8 Å². The Morgan fingerprint density at radius 2 is 1.78 bits per heavy atom. The Morgan fingerprint density at radius 1 is 1.00 bits per heavy atom. The van der Waals surface area contributed by atoms with Crippen molar-refractivity contribution in [2.24, 2.45) is 0 Å². The summed E-state index contributed by atoms with van der Waals surface area (Å²) in [6.45, 7) is 1.85. The molecule has 0 atom stereocenters. The number of benzene rings is 1. The van der Waals surface area contributed by atoms with Gasteiger partial charge in [-0.25, -0.2) is 18.1 Å². The number of nitrogens with one attached hydrogen (secondary N) is 2. The van der Waals surface area contributed by atoms with Gasteiger partial charge in [-0.1, -0.05) is 30.7 Å². The number of nitrogens with zero attached hydrogens (tertiary/aromatic N) is 2. The Hall–Kier alpha value is -2.27. The standard InChI is InChI=1S/C16H15ClN4O4S2/c1-2-20-26(22,23)13-6-7-15(18-10-13)27(24,25)21-12-8-11-4-3-5-14(17)16(11)19-9-12/h3-10,20-21H,2H2,1H3. The minimum Gasteiger partial charge on any atom is -0.277 e. The zero-order valence-electron chi connectivity index (χ0n) is 14.0. The molecule has 1 aromatic carbocycles. The van der Waals surface area contributed by atoms with E-state index in [1.807, 2.05) is 0 Å². The number of para-hydroxylation sites is 1. The molecule has 0 aliphatic heterocycles. The largest absolute Gasteiger partial charge is 0.279 e. The minimum atomic E-state index is -4.02. The molecule has 2 aromatic heterocycles. The van der Waals surface area contributed by atoms with Gasteiger partial charge in [-0.3, -0.25) is 9.71 Å².